The number of carbonyl (C=O) groups is 1. The average molecular weight is 475 g/mol. The Morgan fingerprint density at radius 3 is 1.91 bits per heavy atom. The first-order chi connectivity index (χ1) is 16.5. The Hall–Kier alpha value is -3.33. The molecule has 0 atom stereocenters. The molecule has 0 unspecified atom stereocenters. The molecule has 0 bridgehead atoms. The summed E-state index contributed by atoms with van der Waals surface area (Å²) in [6.45, 7) is 2.36. The van der Waals surface area contributed by atoms with Crippen molar-refractivity contribution in [2.75, 3.05) is 60.5 Å². The standard InChI is InChI=1S/C25H34N2O7/c1-29-19-7-6-8-20(30-2)25(19)34-18-9-12-27(13-10-18)14-11-23(28)26-17-15-21(31-3)24(33-5)22(16-17)32-4/h6-8,15-16,18H,9-14H2,1-5H3,(H,26,28). The van der Waals surface area contributed by atoms with E-state index < -0.39 is 0 Å². The minimum atomic E-state index is -0.0774. The molecular formula is C25H34N2O7. The number of piperidine rings is 1. The maximum Gasteiger partial charge on any atom is 0.225 e. The number of nitrogens with zero attached hydrogens (tertiary/aromatic N) is 1. The molecule has 3 rings (SSSR count). The van der Waals surface area contributed by atoms with Crippen molar-refractivity contribution >= 4 is 11.6 Å². The molecular weight excluding hydrogens is 440 g/mol. The molecule has 0 aromatic heterocycles. The summed E-state index contributed by atoms with van der Waals surface area (Å²) in [7, 11) is 7.86. The number of ether oxygens (including phenoxy) is 6. The van der Waals surface area contributed by atoms with Gasteiger partial charge in [-0.1, -0.05) is 6.07 Å². The van der Waals surface area contributed by atoms with Crippen LogP contribution in [0.15, 0.2) is 30.3 Å². The van der Waals surface area contributed by atoms with Gasteiger partial charge in [0.1, 0.15) is 6.10 Å². The Balaban J connectivity index is 1.49. The van der Waals surface area contributed by atoms with Crippen LogP contribution in [0, 0.1) is 0 Å². The Labute approximate surface area is 200 Å². The lowest BCUT2D eigenvalue weighted by molar-refractivity contribution is -0.116. The SMILES string of the molecule is COc1cc(NC(=O)CCN2CCC(Oc3c(OC)cccc3OC)CC2)cc(OC)c1OC. The lowest BCUT2D eigenvalue weighted by Gasteiger charge is -2.32. The van der Waals surface area contributed by atoms with E-state index >= 15 is 0 Å². The number of methoxy groups -OCH3 is 5. The van der Waals surface area contributed by atoms with Gasteiger partial charge >= 0.3 is 0 Å². The van der Waals surface area contributed by atoms with E-state index in [4.69, 9.17) is 28.4 Å². The molecule has 1 aliphatic heterocycles. The Kier molecular flexibility index (Phi) is 9.09. The lowest BCUT2D eigenvalue weighted by atomic mass is 10.1. The molecule has 34 heavy (non-hydrogen) atoms. The molecule has 1 amide bonds. The fraction of sp³-hybridized carbons (Fsp3) is 0.480. The third-order valence-electron chi connectivity index (χ3n) is 5.81. The minimum absolute atomic E-state index is 0.0644. The molecule has 1 heterocycles. The Morgan fingerprint density at radius 1 is 0.853 bits per heavy atom. The zero-order chi connectivity index (χ0) is 24.5. The molecule has 1 saturated heterocycles. The number of likely N-dealkylation sites (tertiary alicyclic amines) is 1. The first-order valence-corrected chi connectivity index (χ1v) is 11.2. The maximum atomic E-state index is 12.6. The molecule has 9 heteroatoms. The molecule has 0 aliphatic carbocycles. The summed E-state index contributed by atoms with van der Waals surface area (Å²) in [5, 5.41) is 2.92. The average Bonchev–Trinajstić information content (AvgIpc) is 2.87. The van der Waals surface area contributed by atoms with E-state index in [1.807, 2.05) is 18.2 Å². The Morgan fingerprint density at radius 2 is 1.41 bits per heavy atom. The summed E-state index contributed by atoms with van der Waals surface area (Å²) in [4.78, 5) is 14.8. The van der Waals surface area contributed by atoms with Crippen LogP contribution in [-0.4, -0.2) is 72.1 Å². The van der Waals surface area contributed by atoms with E-state index in [1.54, 1.807) is 47.7 Å². The predicted octanol–water partition coefficient (Wildman–Crippen LogP) is 3.60. The van der Waals surface area contributed by atoms with Crippen LogP contribution in [0.2, 0.25) is 0 Å². The van der Waals surface area contributed by atoms with Gasteiger partial charge in [-0.3, -0.25) is 4.79 Å². The number of carbonyl (C=O) groups excluding carboxylic acids is 1. The van der Waals surface area contributed by atoms with Gasteiger partial charge in [0.15, 0.2) is 23.0 Å². The second-order valence-corrected chi connectivity index (χ2v) is 7.86. The largest absolute Gasteiger partial charge is 0.493 e. The highest BCUT2D eigenvalue weighted by molar-refractivity contribution is 5.91. The monoisotopic (exact) mass is 474 g/mol. The van der Waals surface area contributed by atoms with E-state index in [0.29, 0.717) is 53.2 Å². The van der Waals surface area contributed by atoms with Crippen LogP contribution in [0.1, 0.15) is 19.3 Å². The molecule has 0 saturated carbocycles. The highest BCUT2D eigenvalue weighted by Crippen LogP contribution is 2.40. The van der Waals surface area contributed by atoms with E-state index in [9.17, 15) is 4.79 Å². The summed E-state index contributed by atoms with van der Waals surface area (Å²) in [5.74, 6) is 3.34. The summed E-state index contributed by atoms with van der Waals surface area (Å²) in [6, 6.07) is 9.03. The van der Waals surface area contributed by atoms with Crippen molar-refractivity contribution in [3.8, 4) is 34.5 Å². The number of hydrogen-bond donors (Lipinski definition) is 1. The van der Waals surface area contributed by atoms with Crippen LogP contribution < -0.4 is 33.7 Å². The molecule has 9 nitrogen and oxygen atoms in total. The third kappa shape index (κ3) is 6.17. The second kappa shape index (κ2) is 12.2. The number of hydrogen-bond acceptors (Lipinski definition) is 8. The van der Waals surface area contributed by atoms with Crippen molar-refractivity contribution in [3.05, 3.63) is 30.3 Å². The normalized spacial score (nSPS) is 14.3. The maximum absolute atomic E-state index is 12.6. The summed E-state index contributed by atoms with van der Waals surface area (Å²) < 4.78 is 33.1. The summed E-state index contributed by atoms with van der Waals surface area (Å²) in [6.07, 6.45) is 2.16. The fourth-order valence-electron chi connectivity index (χ4n) is 3.99. The molecule has 2 aromatic carbocycles. The third-order valence-corrected chi connectivity index (χ3v) is 5.81. The second-order valence-electron chi connectivity index (χ2n) is 7.86. The highest BCUT2D eigenvalue weighted by Gasteiger charge is 2.24. The number of rotatable bonds is 11. The van der Waals surface area contributed by atoms with Crippen molar-refractivity contribution in [2.24, 2.45) is 0 Å². The fourth-order valence-corrected chi connectivity index (χ4v) is 3.99. The van der Waals surface area contributed by atoms with Gasteiger partial charge in [-0.15, -0.1) is 0 Å². The van der Waals surface area contributed by atoms with Crippen LogP contribution in [0.5, 0.6) is 34.5 Å². The van der Waals surface area contributed by atoms with Crippen molar-refractivity contribution in [1.82, 2.24) is 4.90 Å². The van der Waals surface area contributed by atoms with Gasteiger partial charge in [-0.25, -0.2) is 0 Å². The molecule has 0 spiro atoms. The summed E-state index contributed by atoms with van der Waals surface area (Å²) >= 11 is 0. The molecule has 1 fully saturated rings. The number of nitrogens with one attached hydrogen (secondary N) is 1. The van der Waals surface area contributed by atoms with Crippen LogP contribution >= 0.6 is 0 Å². The van der Waals surface area contributed by atoms with E-state index in [2.05, 4.69) is 10.2 Å². The number of anilines is 1. The first kappa shape index (κ1) is 25.3. The quantitative estimate of drug-likeness (QED) is 0.529. The molecule has 1 aliphatic rings. The van der Waals surface area contributed by atoms with Crippen molar-refractivity contribution in [2.45, 2.75) is 25.4 Å². The zero-order valence-electron chi connectivity index (χ0n) is 20.5. The van der Waals surface area contributed by atoms with E-state index in [-0.39, 0.29) is 12.0 Å². The number of amides is 1. The van der Waals surface area contributed by atoms with Gasteiger partial charge in [0.25, 0.3) is 0 Å². The van der Waals surface area contributed by atoms with Crippen LogP contribution in [-0.2, 0) is 4.79 Å². The van der Waals surface area contributed by atoms with Crippen LogP contribution in [0.4, 0.5) is 5.69 Å². The topological polar surface area (TPSA) is 87.7 Å². The number of para-hydroxylation sites is 1. The predicted molar refractivity (Wildman–Crippen MR) is 129 cm³/mol. The van der Waals surface area contributed by atoms with Crippen molar-refractivity contribution < 1.29 is 33.2 Å². The smallest absolute Gasteiger partial charge is 0.225 e. The molecule has 2 aromatic rings. The van der Waals surface area contributed by atoms with Gasteiger partial charge in [-0.05, 0) is 25.0 Å². The van der Waals surface area contributed by atoms with Gasteiger partial charge in [-0.2, -0.15) is 0 Å². The van der Waals surface area contributed by atoms with Crippen LogP contribution in [0.25, 0.3) is 0 Å². The van der Waals surface area contributed by atoms with Gasteiger partial charge < -0.3 is 38.6 Å². The van der Waals surface area contributed by atoms with E-state index in [0.717, 1.165) is 25.9 Å². The first-order valence-electron chi connectivity index (χ1n) is 11.2. The van der Waals surface area contributed by atoms with Crippen molar-refractivity contribution in [1.29, 1.82) is 0 Å². The molecule has 0 radical (unpaired) electrons. The van der Waals surface area contributed by atoms with Crippen LogP contribution in [0.3, 0.4) is 0 Å². The summed E-state index contributed by atoms with van der Waals surface area (Å²) in [5.41, 5.74) is 0.595. The molecule has 186 valence electrons. The molecule has 1 N–H and O–H groups in total. The van der Waals surface area contributed by atoms with E-state index in [1.165, 1.54) is 0 Å². The van der Waals surface area contributed by atoms with Gasteiger partial charge in [0, 0.05) is 43.9 Å². The Bertz CT molecular complexity index is 911. The zero-order valence-corrected chi connectivity index (χ0v) is 20.5. The number of benzene rings is 2. The van der Waals surface area contributed by atoms with Gasteiger partial charge in [0.2, 0.25) is 17.4 Å². The van der Waals surface area contributed by atoms with Crippen molar-refractivity contribution in [3.63, 3.8) is 0 Å². The van der Waals surface area contributed by atoms with Gasteiger partial charge in [0.05, 0.1) is 35.5 Å². The minimum Gasteiger partial charge on any atom is -0.493 e. The lowest BCUT2D eigenvalue weighted by Crippen LogP contribution is -2.39. The highest BCUT2D eigenvalue weighted by atomic mass is 16.5.